The Morgan fingerprint density at radius 2 is 1.72 bits per heavy atom. The molecular weight excluding hydrogens is 547 g/mol. The molecule has 5 rings (SSSR count). The van der Waals surface area contributed by atoms with Gasteiger partial charge in [0.25, 0.3) is 11.1 Å². The first-order valence-electron chi connectivity index (χ1n) is 11.9. The van der Waals surface area contributed by atoms with Gasteiger partial charge in [0.15, 0.2) is 6.23 Å². The number of nitrogens with one attached hydrogen (secondary N) is 2. The number of aliphatic hydroxyl groups is 2. The quantitative estimate of drug-likeness (QED) is 0.206. The smallest absolute Gasteiger partial charge is 0.394 e. The van der Waals surface area contributed by atoms with Crippen molar-refractivity contribution in [3.8, 4) is 0 Å². The molecule has 5 N–H and O–H groups in total. The maximum absolute atomic E-state index is 12.8. The molecule has 39 heavy (non-hydrogen) atoms. The molecule has 3 saturated heterocycles. The van der Waals surface area contributed by atoms with Crippen LogP contribution in [0.4, 0.5) is 0 Å². The van der Waals surface area contributed by atoms with Crippen LogP contribution in [0.5, 0.6) is 0 Å². The van der Waals surface area contributed by atoms with E-state index in [1.807, 2.05) is 0 Å². The molecule has 2 aromatic heterocycles. The molecule has 3 aliphatic rings. The number of hydrogen-bond acceptors (Lipinski definition) is 12. The average molecular weight is 574 g/mol. The zero-order valence-corrected chi connectivity index (χ0v) is 21.6. The van der Waals surface area contributed by atoms with E-state index in [2.05, 4.69) is 9.97 Å². The van der Waals surface area contributed by atoms with Crippen LogP contribution in [0.25, 0.3) is 0 Å². The molecule has 2 bridgehead atoms. The number of nitrogens with zero attached hydrogens (tertiary/aromatic N) is 2. The van der Waals surface area contributed by atoms with Crippen molar-refractivity contribution < 1.29 is 42.9 Å². The Morgan fingerprint density at radius 3 is 2.36 bits per heavy atom. The molecule has 0 saturated carbocycles. The minimum atomic E-state index is -4.87. The van der Waals surface area contributed by atoms with Crippen molar-refractivity contribution in [2.45, 2.75) is 62.7 Å². The number of aliphatic hydroxyl groups excluding tert-OH is 2. The predicted octanol–water partition coefficient (Wildman–Crippen LogP) is -2.49. The normalized spacial score (nSPS) is 33.5. The maximum atomic E-state index is 12.8. The van der Waals surface area contributed by atoms with Crippen LogP contribution in [-0.2, 0) is 27.8 Å². The van der Waals surface area contributed by atoms with Gasteiger partial charge in [-0.15, -0.1) is 0 Å². The average Bonchev–Trinajstić information content (AvgIpc) is 3.51. The summed E-state index contributed by atoms with van der Waals surface area (Å²) in [7, 11) is -4.87. The lowest BCUT2D eigenvalue weighted by Crippen LogP contribution is -2.45. The van der Waals surface area contributed by atoms with E-state index in [9.17, 15) is 38.8 Å². The summed E-state index contributed by atoms with van der Waals surface area (Å²) in [6, 6.07) is 0. The highest BCUT2D eigenvalue weighted by atomic mass is 31.2. The number of phosphoric acid groups is 1. The van der Waals surface area contributed by atoms with Crippen molar-refractivity contribution >= 4 is 7.82 Å². The minimum Gasteiger partial charge on any atom is -0.394 e. The Balaban J connectivity index is 1.28. The van der Waals surface area contributed by atoms with Gasteiger partial charge in [0.1, 0.15) is 36.2 Å². The van der Waals surface area contributed by atoms with Crippen LogP contribution < -0.4 is 22.5 Å². The largest absolute Gasteiger partial charge is 0.472 e. The molecule has 8 atom stereocenters. The van der Waals surface area contributed by atoms with Gasteiger partial charge in [0.05, 0.1) is 19.8 Å². The summed E-state index contributed by atoms with van der Waals surface area (Å²) < 4.78 is 42.4. The molecule has 1 unspecified atom stereocenters. The highest BCUT2D eigenvalue weighted by Crippen LogP contribution is 2.52. The number of phosphoric ester groups is 1. The van der Waals surface area contributed by atoms with Crippen LogP contribution in [0.1, 0.15) is 30.0 Å². The second-order valence-corrected chi connectivity index (χ2v) is 11.1. The molecule has 0 aromatic carbocycles. The van der Waals surface area contributed by atoms with Crippen LogP contribution in [-0.4, -0.2) is 84.0 Å². The van der Waals surface area contributed by atoms with Crippen molar-refractivity contribution in [1.82, 2.24) is 19.1 Å². The third kappa shape index (κ3) is 5.01. The lowest BCUT2D eigenvalue weighted by atomic mass is 10.0. The summed E-state index contributed by atoms with van der Waals surface area (Å²) in [6.45, 7) is 1.43. The fourth-order valence-corrected chi connectivity index (χ4v) is 5.86. The molecule has 0 aliphatic carbocycles. The number of ether oxygens (including phenoxy) is 3. The first-order chi connectivity index (χ1) is 18.3. The number of rotatable bonds is 8. The van der Waals surface area contributed by atoms with E-state index in [0.717, 1.165) is 9.13 Å². The van der Waals surface area contributed by atoms with Crippen LogP contribution in [0, 0.1) is 13.8 Å². The fraction of sp³-hybridized carbons (Fsp3) is 0.619. The fourth-order valence-electron chi connectivity index (χ4n) is 4.85. The lowest BCUT2D eigenvalue weighted by molar-refractivity contribution is -0.186. The number of hydrogen-bond donors (Lipinski definition) is 5. The van der Waals surface area contributed by atoms with Crippen molar-refractivity contribution in [1.29, 1.82) is 0 Å². The number of H-pyrrole nitrogens is 2. The Kier molecular flexibility index (Phi) is 7.15. The highest BCUT2D eigenvalue weighted by molar-refractivity contribution is 7.47. The second kappa shape index (κ2) is 10.0. The van der Waals surface area contributed by atoms with Gasteiger partial charge in [-0.05, 0) is 13.8 Å². The van der Waals surface area contributed by atoms with E-state index in [1.165, 1.54) is 26.2 Å². The van der Waals surface area contributed by atoms with Crippen molar-refractivity contribution in [2.75, 3.05) is 19.8 Å². The summed E-state index contributed by atoms with van der Waals surface area (Å²) in [5, 5.41) is 20.5. The number of aromatic nitrogens is 4. The van der Waals surface area contributed by atoms with Crippen molar-refractivity contribution in [3.63, 3.8) is 0 Å². The van der Waals surface area contributed by atoms with Gasteiger partial charge in [-0.25, -0.2) is 14.2 Å². The van der Waals surface area contributed by atoms with Crippen LogP contribution in [0.3, 0.4) is 0 Å². The summed E-state index contributed by atoms with van der Waals surface area (Å²) in [5.74, 6) is 0. The number of aromatic amines is 2. The predicted molar refractivity (Wildman–Crippen MR) is 127 cm³/mol. The number of aryl methyl sites for hydroxylation is 2. The van der Waals surface area contributed by atoms with Crippen LogP contribution >= 0.6 is 7.82 Å². The third-order valence-corrected chi connectivity index (χ3v) is 7.98. The van der Waals surface area contributed by atoms with Gasteiger partial charge < -0.3 is 29.3 Å². The summed E-state index contributed by atoms with van der Waals surface area (Å²) >= 11 is 0. The van der Waals surface area contributed by atoms with E-state index < -0.39 is 86.0 Å². The Hall–Kier alpha value is -2.73. The van der Waals surface area contributed by atoms with Gasteiger partial charge in [0, 0.05) is 29.9 Å². The first-order valence-corrected chi connectivity index (χ1v) is 13.4. The molecule has 0 spiro atoms. The molecule has 18 heteroatoms. The SMILES string of the molecule is Cc1cn([C@@H]2O[C@@]3(COP(=O)(O)O[C@H]4C[C@H](n5cc(C)c(=O)[nH]c5=O)O[C@@H]4CO)CO[C@@H]2[C@@H]3O)c(=O)[nH]c1=O. The molecule has 17 nitrogen and oxygen atoms in total. The van der Waals surface area contributed by atoms with Crippen molar-refractivity contribution in [2.24, 2.45) is 0 Å². The van der Waals surface area contributed by atoms with E-state index in [1.54, 1.807) is 0 Å². The van der Waals surface area contributed by atoms with Crippen LogP contribution in [0.2, 0.25) is 0 Å². The summed E-state index contributed by atoms with van der Waals surface area (Å²) in [4.78, 5) is 62.6. The molecule has 0 radical (unpaired) electrons. The highest BCUT2D eigenvalue weighted by Gasteiger charge is 2.63. The molecule has 3 aliphatic heterocycles. The topological polar surface area (TPSA) is 234 Å². The van der Waals surface area contributed by atoms with Gasteiger partial charge in [-0.2, -0.15) is 0 Å². The standard InChI is InChI=1S/C21H27N4O13P/c1-9-4-24(19(30)22-16(9)28)13-3-11(12(6-26)36-13)38-39(32,33)35-8-21-7-34-14(15(21)27)18(37-21)25-5-10(2)17(29)23-20(25)31/h4-5,11-15,18,26-27H,3,6-8H2,1-2H3,(H,32,33)(H,22,28,30)(H,23,29,31)/t11-,12+,13+,14+,15-,18+,21+/m0/s1. The molecule has 3 fully saturated rings. The molecular formula is C21H27N4O13P. The summed E-state index contributed by atoms with van der Waals surface area (Å²) in [5.41, 5.74) is -3.93. The van der Waals surface area contributed by atoms with Gasteiger partial charge in [-0.3, -0.25) is 37.7 Å². The lowest BCUT2D eigenvalue weighted by Gasteiger charge is -2.31. The zero-order valence-electron chi connectivity index (χ0n) is 20.7. The van der Waals surface area contributed by atoms with E-state index in [4.69, 9.17) is 23.3 Å². The molecule has 0 amide bonds. The molecule has 2 aromatic rings. The monoisotopic (exact) mass is 574 g/mol. The van der Waals surface area contributed by atoms with E-state index in [-0.39, 0.29) is 24.2 Å². The Labute approximate surface area is 218 Å². The number of fused-ring (bicyclic) bond motifs is 2. The maximum Gasteiger partial charge on any atom is 0.472 e. The van der Waals surface area contributed by atoms with Gasteiger partial charge in [0.2, 0.25) is 0 Å². The van der Waals surface area contributed by atoms with Gasteiger partial charge in [-0.1, -0.05) is 0 Å². The third-order valence-electron chi connectivity index (χ3n) is 6.98. The van der Waals surface area contributed by atoms with Crippen LogP contribution in [0.15, 0.2) is 31.6 Å². The van der Waals surface area contributed by atoms with Crippen molar-refractivity contribution in [3.05, 3.63) is 65.2 Å². The van der Waals surface area contributed by atoms with E-state index in [0.29, 0.717) is 0 Å². The zero-order chi connectivity index (χ0) is 28.3. The van der Waals surface area contributed by atoms with Gasteiger partial charge >= 0.3 is 19.2 Å². The summed E-state index contributed by atoms with van der Waals surface area (Å²) in [6.07, 6.45) is -4.49. The molecule has 5 heterocycles. The second-order valence-electron chi connectivity index (χ2n) is 9.68. The Morgan fingerprint density at radius 1 is 1.10 bits per heavy atom. The minimum absolute atomic E-state index is 0.142. The molecule has 214 valence electrons. The van der Waals surface area contributed by atoms with E-state index >= 15 is 0 Å². The Bertz CT molecular complexity index is 1550. The first kappa shape index (κ1) is 27.8.